The highest BCUT2D eigenvalue weighted by atomic mass is 16.2. The van der Waals surface area contributed by atoms with Gasteiger partial charge in [0.15, 0.2) is 0 Å². The fraction of sp³-hybridized carbons (Fsp3) is 0.529. The third-order valence-corrected chi connectivity index (χ3v) is 4.25. The summed E-state index contributed by atoms with van der Waals surface area (Å²) in [6.45, 7) is 0.296. The summed E-state index contributed by atoms with van der Waals surface area (Å²) in [5.74, 6) is -0.196. The quantitative estimate of drug-likeness (QED) is 0.877. The lowest BCUT2D eigenvalue weighted by Gasteiger charge is -2.31. The van der Waals surface area contributed by atoms with Crippen LogP contribution in [-0.2, 0) is 4.79 Å². The third-order valence-electron chi connectivity index (χ3n) is 4.25. The van der Waals surface area contributed by atoms with Crippen LogP contribution in [0.25, 0.3) is 0 Å². The van der Waals surface area contributed by atoms with Crippen LogP contribution in [0.15, 0.2) is 24.3 Å². The molecule has 0 aromatic heterocycles. The molecule has 0 heterocycles. The Hall–Kier alpha value is -1.88. The Morgan fingerprint density at radius 3 is 2.59 bits per heavy atom. The van der Waals surface area contributed by atoms with Crippen molar-refractivity contribution >= 4 is 17.5 Å². The second kappa shape index (κ2) is 7.94. The van der Waals surface area contributed by atoms with Crippen molar-refractivity contribution in [2.24, 2.45) is 5.73 Å². The van der Waals surface area contributed by atoms with E-state index in [1.807, 2.05) is 24.1 Å². The molecule has 0 radical (unpaired) electrons. The van der Waals surface area contributed by atoms with Crippen LogP contribution in [0.2, 0.25) is 0 Å². The molecule has 0 unspecified atom stereocenters. The molecule has 0 bridgehead atoms. The topological polar surface area (TPSA) is 75.4 Å². The van der Waals surface area contributed by atoms with Gasteiger partial charge in [0, 0.05) is 26.1 Å². The summed E-state index contributed by atoms with van der Waals surface area (Å²) in [6.07, 6.45) is 5.98. The number of carbonyl (C=O) groups is 2. The molecule has 0 atom stereocenters. The molecule has 0 spiro atoms. The maximum Gasteiger partial charge on any atom is 0.255 e. The van der Waals surface area contributed by atoms with Gasteiger partial charge in [0.05, 0.1) is 11.3 Å². The zero-order valence-electron chi connectivity index (χ0n) is 13.2. The van der Waals surface area contributed by atoms with E-state index in [0.29, 0.717) is 23.8 Å². The molecule has 1 aromatic carbocycles. The Kier molecular flexibility index (Phi) is 5.95. The molecule has 0 saturated heterocycles. The highest BCUT2D eigenvalue weighted by molar-refractivity contribution is 6.03. The van der Waals surface area contributed by atoms with E-state index < -0.39 is 0 Å². The summed E-state index contributed by atoms with van der Waals surface area (Å²) in [5, 5.41) is 2.78. The van der Waals surface area contributed by atoms with Crippen molar-refractivity contribution < 1.29 is 9.59 Å². The van der Waals surface area contributed by atoms with Crippen molar-refractivity contribution in [3.8, 4) is 0 Å². The Morgan fingerprint density at radius 1 is 1.23 bits per heavy atom. The summed E-state index contributed by atoms with van der Waals surface area (Å²) in [6, 6.07) is 7.46. The van der Waals surface area contributed by atoms with Gasteiger partial charge in [-0.2, -0.15) is 0 Å². The van der Waals surface area contributed by atoms with Crippen molar-refractivity contribution in [3.05, 3.63) is 29.8 Å². The highest BCUT2D eigenvalue weighted by Crippen LogP contribution is 2.25. The Bertz CT molecular complexity index is 524. The van der Waals surface area contributed by atoms with Crippen molar-refractivity contribution in [3.63, 3.8) is 0 Å². The molecule has 0 aliphatic heterocycles. The first-order valence-electron chi connectivity index (χ1n) is 7.99. The second-order valence-corrected chi connectivity index (χ2v) is 5.84. The Morgan fingerprint density at radius 2 is 1.91 bits per heavy atom. The molecular formula is C17H25N3O2. The lowest BCUT2D eigenvalue weighted by molar-refractivity contribution is -0.116. The molecule has 1 fully saturated rings. The van der Waals surface area contributed by atoms with Gasteiger partial charge in [-0.05, 0) is 25.0 Å². The summed E-state index contributed by atoms with van der Waals surface area (Å²) < 4.78 is 0. The molecule has 5 heteroatoms. The second-order valence-electron chi connectivity index (χ2n) is 5.84. The predicted molar refractivity (Wildman–Crippen MR) is 87.7 cm³/mol. The molecule has 1 aliphatic rings. The van der Waals surface area contributed by atoms with E-state index in [1.54, 1.807) is 12.1 Å². The number of carbonyl (C=O) groups excluding carboxylic acids is 2. The molecular weight excluding hydrogens is 278 g/mol. The summed E-state index contributed by atoms with van der Waals surface area (Å²) in [4.78, 5) is 26.3. The number of nitrogens with one attached hydrogen (secondary N) is 1. The minimum atomic E-state index is -0.164. The summed E-state index contributed by atoms with van der Waals surface area (Å²) >= 11 is 0. The van der Waals surface area contributed by atoms with E-state index in [1.165, 1.54) is 19.3 Å². The van der Waals surface area contributed by atoms with Gasteiger partial charge in [0.2, 0.25) is 5.91 Å². The molecule has 1 aromatic rings. The standard InChI is InChI=1S/C17H25N3O2/c1-20(13-7-3-2-4-8-13)17(22)14-9-5-6-10-15(14)19-16(21)11-12-18/h5-6,9-10,13H,2-4,7-8,11-12,18H2,1H3,(H,19,21). The SMILES string of the molecule is CN(C(=O)c1ccccc1NC(=O)CCN)C1CCCCC1. The first-order chi connectivity index (χ1) is 10.6. The number of nitrogens with zero attached hydrogens (tertiary/aromatic N) is 1. The average molecular weight is 303 g/mol. The van der Waals surface area contributed by atoms with Gasteiger partial charge < -0.3 is 16.0 Å². The number of nitrogens with two attached hydrogens (primary N) is 1. The number of amides is 2. The van der Waals surface area contributed by atoms with Gasteiger partial charge in [-0.15, -0.1) is 0 Å². The zero-order valence-corrected chi connectivity index (χ0v) is 13.2. The number of rotatable bonds is 5. The molecule has 2 amide bonds. The summed E-state index contributed by atoms with van der Waals surface area (Å²) in [5.41, 5.74) is 6.50. The van der Waals surface area contributed by atoms with Crippen molar-refractivity contribution in [2.45, 2.75) is 44.6 Å². The maximum absolute atomic E-state index is 12.8. The third kappa shape index (κ3) is 4.07. The fourth-order valence-corrected chi connectivity index (χ4v) is 2.95. The van der Waals surface area contributed by atoms with Gasteiger partial charge >= 0.3 is 0 Å². The summed E-state index contributed by atoms with van der Waals surface area (Å²) in [7, 11) is 1.86. The van der Waals surface area contributed by atoms with Gasteiger partial charge in [0.25, 0.3) is 5.91 Å². The van der Waals surface area contributed by atoms with Crippen LogP contribution in [0, 0.1) is 0 Å². The van der Waals surface area contributed by atoms with E-state index in [2.05, 4.69) is 5.32 Å². The van der Waals surface area contributed by atoms with E-state index in [-0.39, 0.29) is 18.2 Å². The van der Waals surface area contributed by atoms with Crippen LogP contribution >= 0.6 is 0 Å². The predicted octanol–water partition coefficient (Wildman–Crippen LogP) is 2.38. The maximum atomic E-state index is 12.8. The van der Waals surface area contributed by atoms with E-state index in [9.17, 15) is 9.59 Å². The first kappa shape index (κ1) is 16.5. The lowest BCUT2D eigenvalue weighted by Crippen LogP contribution is -2.38. The van der Waals surface area contributed by atoms with Crippen LogP contribution in [0.4, 0.5) is 5.69 Å². The van der Waals surface area contributed by atoms with Crippen molar-refractivity contribution in [1.82, 2.24) is 4.90 Å². The lowest BCUT2D eigenvalue weighted by atomic mass is 9.94. The van der Waals surface area contributed by atoms with Crippen molar-refractivity contribution in [2.75, 3.05) is 18.9 Å². The molecule has 5 nitrogen and oxygen atoms in total. The fourth-order valence-electron chi connectivity index (χ4n) is 2.95. The van der Waals surface area contributed by atoms with Crippen LogP contribution in [0.5, 0.6) is 0 Å². The van der Waals surface area contributed by atoms with Crippen molar-refractivity contribution in [1.29, 1.82) is 0 Å². The van der Waals surface area contributed by atoms with E-state index in [0.717, 1.165) is 12.8 Å². The zero-order chi connectivity index (χ0) is 15.9. The molecule has 3 N–H and O–H groups in total. The van der Waals surface area contributed by atoms with Crippen LogP contribution < -0.4 is 11.1 Å². The minimum Gasteiger partial charge on any atom is -0.339 e. The van der Waals surface area contributed by atoms with Crippen LogP contribution in [0.3, 0.4) is 0 Å². The number of hydrogen-bond donors (Lipinski definition) is 2. The number of benzene rings is 1. The van der Waals surface area contributed by atoms with Gasteiger partial charge in [-0.3, -0.25) is 9.59 Å². The largest absolute Gasteiger partial charge is 0.339 e. The number of hydrogen-bond acceptors (Lipinski definition) is 3. The molecule has 22 heavy (non-hydrogen) atoms. The average Bonchev–Trinajstić information content (AvgIpc) is 2.55. The minimum absolute atomic E-state index is 0.0319. The van der Waals surface area contributed by atoms with Gasteiger partial charge in [0.1, 0.15) is 0 Å². The van der Waals surface area contributed by atoms with Crippen LogP contribution in [0.1, 0.15) is 48.9 Å². The van der Waals surface area contributed by atoms with E-state index >= 15 is 0 Å². The molecule has 1 saturated carbocycles. The monoisotopic (exact) mass is 303 g/mol. The van der Waals surface area contributed by atoms with Crippen LogP contribution in [-0.4, -0.2) is 36.3 Å². The Labute approximate surface area is 131 Å². The normalized spacial score (nSPS) is 15.4. The number of anilines is 1. The first-order valence-corrected chi connectivity index (χ1v) is 7.99. The Balaban J connectivity index is 2.13. The van der Waals surface area contributed by atoms with Gasteiger partial charge in [-0.1, -0.05) is 31.4 Å². The van der Waals surface area contributed by atoms with E-state index in [4.69, 9.17) is 5.73 Å². The molecule has 120 valence electrons. The highest BCUT2D eigenvalue weighted by Gasteiger charge is 2.24. The van der Waals surface area contributed by atoms with Gasteiger partial charge in [-0.25, -0.2) is 0 Å². The number of para-hydroxylation sites is 1. The smallest absolute Gasteiger partial charge is 0.255 e. The molecule has 2 rings (SSSR count). The molecule has 1 aliphatic carbocycles.